The van der Waals surface area contributed by atoms with Gasteiger partial charge in [0.2, 0.25) is 0 Å². The number of rotatable bonds is 4. The molecule has 1 saturated carbocycles. The quantitative estimate of drug-likeness (QED) is 0.770. The Morgan fingerprint density at radius 1 is 1.62 bits per heavy atom. The molecule has 0 radical (unpaired) electrons. The molecule has 1 heterocycles. The molecule has 0 saturated heterocycles. The van der Waals surface area contributed by atoms with Crippen molar-refractivity contribution in [1.82, 2.24) is 10.3 Å². The third kappa shape index (κ3) is 2.10. The topological polar surface area (TPSA) is 38.1 Å². The summed E-state index contributed by atoms with van der Waals surface area (Å²) in [6.07, 6.45) is 4.10. The summed E-state index contributed by atoms with van der Waals surface area (Å²) in [6.45, 7) is 5.10. The summed E-state index contributed by atoms with van der Waals surface area (Å²) in [5.74, 6) is 1.76. The largest absolute Gasteiger partial charge is 0.448 e. The van der Waals surface area contributed by atoms with Crippen LogP contribution in [0.2, 0.25) is 0 Å². The lowest BCUT2D eigenvalue weighted by atomic mass is 10.2. The molecular formula is C10H16N2O. The van der Waals surface area contributed by atoms with Crippen LogP contribution >= 0.6 is 0 Å². The van der Waals surface area contributed by atoms with E-state index in [2.05, 4.69) is 24.1 Å². The highest BCUT2D eigenvalue weighted by Gasteiger charge is 2.29. The van der Waals surface area contributed by atoms with Crippen LogP contribution in [-0.2, 0) is 6.54 Å². The first-order valence-electron chi connectivity index (χ1n) is 4.93. The van der Waals surface area contributed by atoms with E-state index in [-0.39, 0.29) is 0 Å². The fourth-order valence-electron chi connectivity index (χ4n) is 1.39. The lowest BCUT2D eigenvalue weighted by molar-refractivity contribution is 0.498. The highest BCUT2D eigenvalue weighted by molar-refractivity contribution is 5.17. The number of aromatic nitrogens is 1. The van der Waals surface area contributed by atoms with Crippen LogP contribution in [-0.4, -0.2) is 11.0 Å². The zero-order chi connectivity index (χ0) is 9.26. The van der Waals surface area contributed by atoms with Crippen LogP contribution < -0.4 is 5.32 Å². The van der Waals surface area contributed by atoms with Gasteiger partial charge in [-0.25, -0.2) is 4.98 Å². The zero-order valence-corrected chi connectivity index (χ0v) is 8.21. The molecule has 72 valence electrons. The van der Waals surface area contributed by atoms with Gasteiger partial charge >= 0.3 is 0 Å². The van der Waals surface area contributed by atoms with E-state index in [4.69, 9.17) is 4.42 Å². The van der Waals surface area contributed by atoms with Gasteiger partial charge in [-0.1, -0.05) is 13.8 Å². The molecule has 3 heteroatoms. The van der Waals surface area contributed by atoms with Crippen LogP contribution in [0.1, 0.15) is 44.1 Å². The van der Waals surface area contributed by atoms with Crippen LogP contribution in [0.25, 0.3) is 0 Å². The van der Waals surface area contributed by atoms with E-state index in [0.29, 0.717) is 12.0 Å². The monoisotopic (exact) mass is 180 g/mol. The number of hydrogen-bond acceptors (Lipinski definition) is 3. The first-order chi connectivity index (χ1) is 6.27. The molecule has 0 bridgehead atoms. The molecule has 1 aromatic rings. The van der Waals surface area contributed by atoms with E-state index in [1.54, 1.807) is 6.39 Å². The van der Waals surface area contributed by atoms with Crippen molar-refractivity contribution in [2.75, 3.05) is 0 Å². The summed E-state index contributed by atoms with van der Waals surface area (Å²) in [5.41, 5.74) is 1.09. The van der Waals surface area contributed by atoms with E-state index in [9.17, 15) is 0 Å². The second-order valence-corrected chi connectivity index (χ2v) is 3.97. The molecule has 0 spiro atoms. The average molecular weight is 180 g/mol. The van der Waals surface area contributed by atoms with Crippen LogP contribution in [0.4, 0.5) is 0 Å². The van der Waals surface area contributed by atoms with Crippen LogP contribution in [0.15, 0.2) is 10.8 Å². The summed E-state index contributed by atoms with van der Waals surface area (Å²) in [4.78, 5) is 4.22. The maximum Gasteiger partial charge on any atom is 0.181 e. The molecule has 1 aliphatic carbocycles. The molecule has 0 atom stereocenters. The van der Waals surface area contributed by atoms with E-state index in [1.165, 1.54) is 12.8 Å². The van der Waals surface area contributed by atoms with Crippen molar-refractivity contribution in [2.45, 2.75) is 45.2 Å². The normalized spacial score (nSPS) is 16.8. The van der Waals surface area contributed by atoms with E-state index >= 15 is 0 Å². The standard InChI is InChI=1S/C10H16N2O/c1-7(2)11-5-9-10(8-3-4-8)13-6-12-9/h6-8,11H,3-5H2,1-2H3. The maximum atomic E-state index is 5.37. The Hall–Kier alpha value is -0.830. The average Bonchev–Trinajstić information content (AvgIpc) is 2.82. The van der Waals surface area contributed by atoms with Crippen LogP contribution in [0.5, 0.6) is 0 Å². The van der Waals surface area contributed by atoms with Gasteiger partial charge in [-0.15, -0.1) is 0 Å². The highest BCUT2D eigenvalue weighted by Crippen LogP contribution is 2.41. The van der Waals surface area contributed by atoms with Gasteiger partial charge < -0.3 is 9.73 Å². The first-order valence-corrected chi connectivity index (χ1v) is 4.93. The Morgan fingerprint density at radius 2 is 2.38 bits per heavy atom. The van der Waals surface area contributed by atoms with Crippen molar-refractivity contribution >= 4 is 0 Å². The van der Waals surface area contributed by atoms with Gasteiger partial charge in [-0.05, 0) is 12.8 Å². The molecular weight excluding hydrogens is 164 g/mol. The summed E-state index contributed by atoms with van der Waals surface area (Å²) in [7, 11) is 0. The summed E-state index contributed by atoms with van der Waals surface area (Å²) >= 11 is 0. The zero-order valence-electron chi connectivity index (χ0n) is 8.21. The van der Waals surface area contributed by atoms with Gasteiger partial charge in [0.1, 0.15) is 5.76 Å². The van der Waals surface area contributed by atoms with E-state index in [1.807, 2.05) is 0 Å². The number of hydrogen-bond donors (Lipinski definition) is 1. The Bertz CT molecular complexity index is 276. The predicted molar refractivity (Wildman–Crippen MR) is 50.5 cm³/mol. The van der Waals surface area contributed by atoms with Gasteiger partial charge in [0, 0.05) is 18.5 Å². The maximum absolute atomic E-state index is 5.37. The Kier molecular flexibility index (Phi) is 2.36. The molecule has 1 aliphatic rings. The van der Waals surface area contributed by atoms with Crippen molar-refractivity contribution in [3.8, 4) is 0 Å². The second kappa shape index (κ2) is 3.50. The molecule has 1 fully saturated rings. The molecule has 0 aromatic carbocycles. The fraction of sp³-hybridized carbons (Fsp3) is 0.700. The molecule has 0 aliphatic heterocycles. The lowest BCUT2D eigenvalue weighted by Crippen LogP contribution is -2.22. The van der Waals surface area contributed by atoms with Crippen molar-refractivity contribution in [3.05, 3.63) is 17.8 Å². The predicted octanol–water partition coefficient (Wildman–Crippen LogP) is 2.05. The van der Waals surface area contributed by atoms with Crippen molar-refractivity contribution < 1.29 is 4.42 Å². The second-order valence-electron chi connectivity index (χ2n) is 3.97. The molecule has 1 aromatic heterocycles. The molecule has 3 nitrogen and oxygen atoms in total. The number of oxazole rings is 1. The molecule has 1 N–H and O–H groups in total. The first kappa shape index (κ1) is 8.75. The van der Waals surface area contributed by atoms with E-state index in [0.717, 1.165) is 18.0 Å². The van der Waals surface area contributed by atoms with Gasteiger partial charge in [0.05, 0.1) is 5.69 Å². The minimum absolute atomic E-state index is 0.503. The Morgan fingerprint density at radius 3 is 3.00 bits per heavy atom. The Balaban J connectivity index is 1.98. The molecule has 0 unspecified atom stereocenters. The summed E-state index contributed by atoms with van der Waals surface area (Å²) < 4.78 is 5.37. The van der Waals surface area contributed by atoms with Crippen LogP contribution in [0, 0.1) is 0 Å². The Labute approximate surface area is 78.5 Å². The van der Waals surface area contributed by atoms with E-state index < -0.39 is 0 Å². The molecule has 13 heavy (non-hydrogen) atoms. The minimum atomic E-state index is 0.503. The van der Waals surface area contributed by atoms with Crippen molar-refractivity contribution in [1.29, 1.82) is 0 Å². The number of nitrogens with one attached hydrogen (secondary N) is 1. The summed E-state index contributed by atoms with van der Waals surface area (Å²) in [6, 6.07) is 0.503. The van der Waals surface area contributed by atoms with Gasteiger partial charge in [-0.2, -0.15) is 0 Å². The smallest absolute Gasteiger partial charge is 0.181 e. The number of nitrogens with zero attached hydrogens (tertiary/aromatic N) is 1. The SMILES string of the molecule is CC(C)NCc1ncoc1C1CC1. The third-order valence-electron chi connectivity index (χ3n) is 2.30. The van der Waals surface area contributed by atoms with Crippen LogP contribution in [0.3, 0.4) is 0 Å². The molecule has 2 rings (SSSR count). The molecule has 0 amide bonds. The fourth-order valence-corrected chi connectivity index (χ4v) is 1.39. The third-order valence-corrected chi connectivity index (χ3v) is 2.30. The van der Waals surface area contributed by atoms with Gasteiger partial charge in [0.25, 0.3) is 0 Å². The van der Waals surface area contributed by atoms with Gasteiger partial charge in [-0.3, -0.25) is 0 Å². The summed E-state index contributed by atoms with van der Waals surface area (Å²) in [5, 5.41) is 3.35. The van der Waals surface area contributed by atoms with Crippen molar-refractivity contribution in [2.24, 2.45) is 0 Å². The highest BCUT2D eigenvalue weighted by atomic mass is 16.3. The van der Waals surface area contributed by atoms with Crippen molar-refractivity contribution in [3.63, 3.8) is 0 Å². The minimum Gasteiger partial charge on any atom is -0.448 e. The lowest BCUT2D eigenvalue weighted by Gasteiger charge is -2.06. The van der Waals surface area contributed by atoms with Gasteiger partial charge in [0.15, 0.2) is 6.39 Å².